The molecule has 34 heavy (non-hydrogen) atoms. The Kier molecular flexibility index (Phi) is 6.40. The molecule has 0 atom stereocenters. The Hall–Kier alpha value is -4.86. The Morgan fingerprint density at radius 3 is 2.41 bits per heavy atom. The summed E-state index contributed by atoms with van der Waals surface area (Å²) in [7, 11) is 1.31. The smallest absolute Gasteiger partial charge is 0.337 e. The van der Waals surface area contributed by atoms with Crippen molar-refractivity contribution in [1.29, 1.82) is 0 Å². The summed E-state index contributed by atoms with van der Waals surface area (Å²) in [5.74, 6) is 0.756. The van der Waals surface area contributed by atoms with Crippen LogP contribution in [0, 0.1) is 10.1 Å². The number of nitro groups is 1. The lowest BCUT2D eigenvalue weighted by Crippen LogP contribution is -2.00. The van der Waals surface area contributed by atoms with E-state index in [2.05, 4.69) is 14.9 Å². The zero-order chi connectivity index (χ0) is 24.1. The predicted octanol–water partition coefficient (Wildman–Crippen LogP) is 4.85. The maximum atomic E-state index is 11.6. The van der Waals surface area contributed by atoms with Gasteiger partial charge in [0.1, 0.15) is 29.5 Å². The topological polar surface area (TPSA) is 137 Å². The molecule has 0 radical (unpaired) electrons. The quantitative estimate of drug-likeness (QED) is 0.216. The lowest BCUT2D eigenvalue weighted by molar-refractivity contribution is -0.384. The third kappa shape index (κ3) is 4.96. The molecule has 10 nitrogen and oxygen atoms in total. The van der Waals surface area contributed by atoms with Gasteiger partial charge in [-0.1, -0.05) is 0 Å². The van der Waals surface area contributed by atoms with Gasteiger partial charge in [0.05, 0.1) is 23.8 Å². The zero-order valence-electron chi connectivity index (χ0n) is 17.9. The molecule has 0 fully saturated rings. The van der Waals surface area contributed by atoms with E-state index in [-0.39, 0.29) is 18.0 Å². The number of H-pyrrole nitrogens is 1. The number of non-ortho nitro benzene ring substituents is 1. The number of carbonyl (C=O) groups excluding carboxylic acids is 1. The van der Waals surface area contributed by atoms with Gasteiger partial charge in [-0.2, -0.15) is 5.10 Å². The minimum atomic E-state index is -0.466. The summed E-state index contributed by atoms with van der Waals surface area (Å²) in [6.07, 6.45) is 1.47. The van der Waals surface area contributed by atoms with Gasteiger partial charge in [-0.25, -0.2) is 4.79 Å². The number of ether oxygens (including phenoxy) is 3. The fourth-order valence-electron chi connectivity index (χ4n) is 3.14. The van der Waals surface area contributed by atoms with Crippen LogP contribution in [0.15, 0.2) is 72.9 Å². The van der Waals surface area contributed by atoms with E-state index in [0.29, 0.717) is 34.1 Å². The lowest BCUT2D eigenvalue weighted by atomic mass is 10.1. The van der Waals surface area contributed by atoms with Crippen molar-refractivity contribution in [3.05, 3.63) is 94.2 Å². The second kappa shape index (κ2) is 9.74. The van der Waals surface area contributed by atoms with Crippen LogP contribution in [0.2, 0.25) is 0 Å². The largest absolute Gasteiger partial charge is 0.507 e. The van der Waals surface area contributed by atoms with Crippen molar-refractivity contribution in [1.82, 2.24) is 10.2 Å². The van der Waals surface area contributed by atoms with E-state index in [0.717, 1.165) is 5.56 Å². The van der Waals surface area contributed by atoms with Crippen LogP contribution in [-0.2, 0) is 11.3 Å². The van der Waals surface area contributed by atoms with Crippen LogP contribution in [0.4, 0.5) is 5.69 Å². The average Bonchev–Trinajstić information content (AvgIpc) is 3.30. The fraction of sp³-hybridized carbons (Fsp3) is 0.0833. The molecule has 0 saturated heterocycles. The molecule has 0 bridgehead atoms. The number of hydrogen-bond acceptors (Lipinski definition) is 8. The number of aromatic hydroxyl groups is 1. The van der Waals surface area contributed by atoms with Gasteiger partial charge in [0.2, 0.25) is 0 Å². The van der Waals surface area contributed by atoms with Crippen LogP contribution in [0.3, 0.4) is 0 Å². The summed E-state index contributed by atoms with van der Waals surface area (Å²) in [5, 5.41) is 28.1. The molecule has 1 heterocycles. The van der Waals surface area contributed by atoms with Gasteiger partial charge in [0, 0.05) is 23.8 Å². The second-order valence-corrected chi connectivity index (χ2v) is 7.12. The molecule has 0 unspecified atom stereocenters. The van der Waals surface area contributed by atoms with E-state index < -0.39 is 10.9 Å². The van der Waals surface area contributed by atoms with Crippen molar-refractivity contribution in [3.8, 4) is 34.3 Å². The molecule has 0 aliphatic heterocycles. The molecule has 4 rings (SSSR count). The molecular formula is C24H19N3O7. The minimum absolute atomic E-state index is 0.00253. The van der Waals surface area contributed by atoms with E-state index in [9.17, 15) is 20.0 Å². The maximum absolute atomic E-state index is 11.6. The summed E-state index contributed by atoms with van der Waals surface area (Å²) in [6, 6.07) is 17.2. The third-order valence-electron chi connectivity index (χ3n) is 4.90. The lowest BCUT2D eigenvalue weighted by Gasteiger charge is -2.11. The number of nitrogens with zero attached hydrogens (tertiary/aromatic N) is 2. The number of methoxy groups -OCH3 is 1. The van der Waals surface area contributed by atoms with Crippen LogP contribution in [0.5, 0.6) is 23.0 Å². The Labute approximate surface area is 193 Å². The standard InChI is InChI=1S/C24H19N3O7/c1-32-24(29)16-4-8-18(9-5-16)34-22-13-25-26-23(22)20-11-10-19(12-21(20)28)33-14-15-2-6-17(7-3-15)27(30)31/h2-13,28H,14H2,1H3,(H,25,26). The van der Waals surface area contributed by atoms with E-state index in [1.807, 2.05) is 0 Å². The van der Waals surface area contributed by atoms with Gasteiger partial charge >= 0.3 is 5.97 Å². The van der Waals surface area contributed by atoms with Crippen LogP contribution >= 0.6 is 0 Å². The zero-order valence-corrected chi connectivity index (χ0v) is 17.9. The van der Waals surface area contributed by atoms with Crippen LogP contribution < -0.4 is 9.47 Å². The summed E-state index contributed by atoms with van der Waals surface area (Å²) >= 11 is 0. The molecule has 172 valence electrons. The van der Waals surface area contributed by atoms with Gasteiger partial charge in [0.25, 0.3) is 5.69 Å². The molecule has 0 amide bonds. The van der Waals surface area contributed by atoms with Crippen molar-refractivity contribution in [2.45, 2.75) is 6.61 Å². The number of rotatable bonds is 8. The van der Waals surface area contributed by atoms with Crippen LogP contribution in [0.1, 0.15) is 15.9 Å². The van der Waals surface area contributed by atoms with Gasteiger partial charge < -0.3 is 19.3 Å². The normalized spacial score (nSPS) is 10.5. The maximum Gasteiger partial charge on any atom is 0.337 e. The highest BCUT2D eigenvalue weighted by Gasteiger charge is 2.15. The molecule has 10 heteroatoms. The molecule has 0 spiro atoms. The summed E-state index contributed by atoms with van der Waals surface area (Å²) < 4.78 is 16.2. The molecule has 3 aromatic carbocycles. The number of esters is 1. The number of aromatic amines is 1. The number of phenols is 1. The number of carbonyl (C=O) groups is 1. The Bertz CT molecular complexity index is 1320. The van der Waals surface area contributed by atoms with E-state index in [1.54, 1.807) is 48.5 Å². The van der Waals surface area contributed by atoms with Crippen molar-refractivity contribution < 1.29 is 29.0 Å². The van der Waals surface area contributed by atoms with Crippen molar-refractivity contribution in [2.75, 3.05) is 7.11 Å². The molecule has 2 N–H and O–H groups in total. The van der Waals surface area contributed by atoms with Crippen LogP contribution in [0.25, 0.3) is 11.3 Å². The first-order chi connectivity index (χ1) is 16.4. The summed E-state index contributed by atoms with van der Waals surface area (Å²) in [5.41, 5.74) is 2.04. The number of nitro benzene ring substituents is 1. The molecule has 0 saturated carbocycles. The van der Waals surface area contributed by atoms with E-state index in [4.69, 9.17) is 9.47 Å². The number of nitrogens with one attached hydrogen (secondary N) is 1. The first-order valence-electron chi connectivity index (χ1n) is 10.0. The van der Waals surface area contributed by atoms with Crippen LogP contribution in [-0.4, -0.2) is 33.3 Å². The van der Waals surface area contributed by atoms with Gasteiger partial charge in [-0.15, -0.1) is 0 Å². The number of hydrogen-bond donors (Lipinski definition) is 2. The molecule has 0 aliphatic rings. The van der Waals surface area contributed by atoms with Gasteiger partial charge in [-0.05, 0) is 54.1 Å². The highest BCUT2D eigenvalue weighted by Crippen LogP contribution is 2.38. The monoisotopic (exact) mass is 461 g/mol. The van der Waals surface area contributed by atoms with E-state index >= 15 is 0 Å². The third-order valence-corrected chi connectivity index (χ3v) is 4.90. The van der Waals surface area contributed by atoms with Gasteiger partial charge in [0.15, 0.2) is 5.75 Å². The molecule has 0 aliphatic carbocycles. The Balaban J connectivity index is 1.45. The predicted molar refractivity (Wildman–Crippen MR) is 121 cm³/mol. The highest BCUT2D eigenvalue weighted by atomic mass is 16.6. The summed E-state index contributed by atoms with van der Waals surface area (Å²) in [6.45, 7) is 0.177. The number of aromatic nitrogens is 2. The van der Waals surface area contributed by atoms with Crippen molar-refractivity contribution in [3.63, 3.8) is 0 Å². The first kappa shape index (κ1) is 22.3. The van der Waals surface area contributed by atoms with Crippen molar-refractivity contribution in [2.24, 2.45) is 0 Å². The Morgan fingerprint density at radius 1 is 1.06 bits per heavy atom. The van der Waals surface area contributed by atoms with Gasteiger partial charge in [-0.3, -0.25) is 15.2 Å². The molecule has 1 aromatic heterocycles. The van der Waals surface area contributed by atoms with E-state index in [1.165, 1.54) is 31.5 Å². The second-order valence-electron chi connectivity index (χ2n) is 7.12. The highest BCUT2D eigenvalue weighted by molar-refractivity contribution is 5.89. The van der Waals surface area contributed by atoms with Crippen molar-refractivity contribution >= 4 is 11.7 Å². The SMILES string of the molecule is COC(=O)c1ccc(Oc2cn[nH]c2-c2ccc(OCc3ccc([N+](=O)[O-])cc3)cc2O)cc1. The molecular weight excluding hydrogens is 442 g/mol. The molecule has 4 aromatic rings. The Morgan fingerprint density at radius 2 is 1.76 bits per heavy atom. The number of phenolic OH excluding ortho intramolecular Hbond substituents is 1. The average molecular weight is 461 g/mol. The fourth-order valence-corrected chi connectivity index (χ4v) is 3.14. The minimum Gasteiger partial charge on any atom is -0.507 e. The summed E-state index contributed by atoms with van der Waals surface area (Å²) in [4.78, 5) is 21.9. The first-order valence-corrected chi connectivity index (χ1v) is 10.0. The number of benzene rings is 3.